The molecule has 2 nitrogen and oxygen atoms in total. The van der Waals surface area contributed by atoms with E-state index in [0.29, 0.717) is 17.4 Å². The number of hydrogen-bond donors (Lipinski definition) is 1. The van der Waals surface area contributed by atoms with Gasteiger partial charge in [-0.15, -0.1) is 0 Å². The third kappa shape index (κ3) is 7.65. The van der Waals surface area contributed by atoms with Crippen molar-refractivity contribution in [3.8, 4) is 0 Å². The number of nitrogens with zero attached hydrogens (tertiary/aromatic N) is 1. The van der Waals surface area contributed by atoms with E-state index in [1.54, 1.807) is 0 Å². The lowest BCUT2D eigenvalue weighted by molar-refractivity contribution is 0.110. The molecule has 0 aromatic rings. The molecule has 0 spiro atoms. The summed E-state index contributed by atoms with van der Waals surface area (Å²) in [6, 6.07) is 0.415. The van der Waals surface area contributed by atoms with Crippen molar-refractivity contribution in [2.75, 3.05) is 19.6 Å². The second-order valence-electron chi connectivity index (χ2n) is 9.00. The molecule has 0 saturated heterocycles. The summed E-state index contributed by atoms with van der Waals surface area (Å²) in [6.07, 6.45) is 6.42. The highest BCUT2D eigenvalue weighted by Crippen LogP contribution is 2.38. The predicted octanol–water partition coefficient (Wildman–Crippen LogP) is 4.53. The van der Waals surface area contributed by atoms with Crippen LogP contribution in [-0.2, 0) is 0 Å². The first-order valence-corrected chi connectivity index (χ1v) is 9.17. The lowest BCUT2D eigenvalue weighted by atomic mass is 9.70. The molecule has 1 saturated carbocycles. The van der Waals surface area contributed by atoms with E-state index in [-0.39, 0.29) is 0 Å². The summed E-state index contributed by atoms with van der Waals surface area (Å²) in [4.78, 5) is 2.70. The maximum absolute atomic E-state index is 6.43. The quantitative estimate of drug-likeness (QED) is 0.713. The van der Waals surface area contributed by atoms with Gasteiger partial charge >= 0.3 is 0 Å². The molecule has 0 aromatic heterocycles. The van der Waals surface area contributed by atoms with Crippen LogP contribution in [0.3, 0.4) is 0 Å². The van der Waals surface area contributed by atoms with Crippen molar-refractivity contribution in [1.29, 1.82) is 0 Å². The molecule has 126 valence electrons. The largest absolute Gasteiger partial charge is 0.327 e. The smallest absolute Gasteiger partial charge is 0.00797 e. The molecule has 0 bridgehead atoms. The summed E-state index contributed by atoms with van der Waals surface area (Å²) in [5.41, 5.74) is 6.92. The molecule has 2 unspecified atom stereocenters. The van der Waals surface area contributed by atoms with Crippen molar-refractivity contribution in [1.82, 2.24) is 4.90 Å². The minimum Gasteiger partial charge on any atom is -0.327 e. The fourth-order valence-corrected chi connectivity index (χ4v) is 3.46. The van der Waals surface area contributed by atoms with Crippen LogP contribution in [0.2, 0.25) is 0 Å². The monoisotopic (exact) mass is 296 g/mol. The van der Waals surface area contributed by atoms with E-state index in [4.69, 9.17) is 5.73 Å². The normalized spacial score (nSPS) is 26.0. The SMILES string of the molecule is CC(C)CCN(CCC(C)C)CC1CC(C)(C)CCC1N. The van der Waals surface area contributed by atoms with Gasteiger partial charge in [0.15, 0.2) is 0 Å². The van der Waals surface area contributed by atoms with Crippen LogP contribution < -0.4 is 5.73 Å². The van der Waals surface area contributed by atoms with Crippen LogP contribution in [0.25, 0.3) is 0 Å². The molecule has 1 aliphatic carbocycles. The first-order valence-electron chi connectivity index (χ1n) is 9.17. The van der Waals surface area contributed by atoms with Crippen LogP contribution in [0.15, 0.2) is 0 Å². The average molecular weight is 297 g/mol. The van der Waals surface area contributed by atoms with Gasteiger partial charge in [-0.2, -0.15) is 0 Å². The number of hydrogen-bond acceptors (Lipinski definition) is 2. The molecular weight excluding hydrogens is 256 g/mol. The predicted molar refractivity (Wildman–Crippen MR) is 94.4 cm³/mol. The van der Waals surface area contributed by atoms with Gasteiger partial charge in [-0.25, -0.2) is 0 Å². The topological polar surface area (TPSA) is 29.3 Å². The van der Waals surface area contributed by atoms with Gasteiger partial charge in [-0.05, 0) is 68.4 Å². The molecule has 2 N–H and O–H groups in total. The molecular formula is C19H40N2. The molecule has 1 fully saturated rings. The average Bonchev–Trinajstić information content (AvgIpc) is 2.36. The van der Waals surface area contributed by atoms with Gasteiger partial charge in [0, 0.05) is 12.6 Å². The molecule has 0 heterocycles. The van der Waals surface area contributed by atoms with Crippen LogP contribution >= 0.6 is 0 Å². The van der Waals surface area contributed by atoms with Crippen LogP contribution in [-0.4, -0.2) is 30.6 Å². The van der Waals surface area contributed by atoms with Gasteiger partial charge in [0.2, 0.25) is 0 Å². The zero-order valence-electron chi connectivity index (χ0n) is 15.5. The maximum atomic E-state index is 6.43. The zero-order valence-corrected chi connectivity index (χ0v) is 15.5. The molecule has 0 amide bonds. The van der Waals surface area contributed by atoms with Crippen LogP contribution in [0.1, 0.15) is 73.6 Å². The Labute approximate surface area is 133 Å². The van der Waals surface area contributed by atoms with Gasteiger partial charge in [-0.3, -0.25) is 0 Å². The van der Waals surface area contributed by atoms with Crippen molar-refractivity contribution in [2.24, 2.45) is 28.9 Å². The minimum atomic E-state index is 0.415. The Morgan fingerprint density at radius 1 is 1.05 bits per heavy atom. The van der Waals surface area contributed by atoms with E-state index in [1.807, 2.05) is 0 Å². The molecule has 1 aliphatic rings. The highest BCUT2D eigenvalue weighted by molar-refractivity contribution is 4.88. The Morgan fingerprint density at radius 2 is 1.57 bits per heavy atom. The van der Waals surface area contributed by atoms with E-state index in [9.17, 15) is 0 Å². The second kappa shape index (κ2) is 8.53. The molecule has 2 heteroatoms. The van der Waals surface area contributed by atoms with Gasteiger partial charge in [0.25, 0.3) is 0 Å². The van der Waals surface area contributed by atoms with Crippen molar-refractivity contribution in [3.05, 3.63) is 0 Å². The first-order chi connectivity index (χ1) is 9.69. The van der Waals surface area contributed by atoms with E-state index in [2.05, 4.69) is 46.4 Å². The molecule has 0 aliphatic heterocycles. The maximum Gasteiger partial charge on any atom is 0.00797 e. The molecule has 0 aromatic carbocycles. The molecule has 1 rings (SSSR count). The summed E-state index contributed by atoms with van der Waals surface area (Å²) < 4.78 is 0. The number of nitrogens with two attached hydrogens (primary N) is 1. The lowest BCUT2D eigenvalue weighted by Crippen LogP contribution is -2.45. The second-order valence-corrected chi connectivity index (χ2v) is 9.00. The Morgan fingerprint density at radius 3 is 2.05 bits per heavy atom. The van der Waals surface area contributed by atoms with Gasteiger partial charge in [0.05, 0.1) is 0 Å². The summed E-state index contributed by atoms with van der Waals surface area (Å²) in [5, 5.41) is 0. The number of rotatable bonds is 8. The van der Waals surface area contributed by atoms with Gasteiger partial charge in [0.1, 0.15) is 0 Å². The first kappa shape index (κ1) is 19.0. The fraction of sp³-hybridized carbons (Fsp3) is 1.00. The Hall–Kier alpha value is -0.0800. The molecule has 2 atom stereocenters. The summed E-state index contributed by atoms with van der Waals surface area (Å²) >= 11 is 0. The molecule has 0 radical (unpaired) electrons. The van der Waals surface area contributed by atoms with Crippen molar-refractivity contribution < 1.29 is 0 Å². The van der Waals surface area contributed by atoms with Crippen molar-refractivity contribution in [2.45, 2.75) is 79.7 Å². The Bertz CT molecular complexity index is 271. The van der Waals surface area contributed by atoms with E-state index >= 15 is 0 Å². The van der Waals surface area contributed by atoms with Crippen LogP contribution in [0.4, 0.5) is 0 Å². The van der Waals surface area contributed by atoms with Crippen molar-refractivity contribution >= 4 is 0 Å². The third-order valence-electron chi connectivity index (χ3n) is 5.11. The third-order valence-corrected chi connectivity index (χ3v) is 5.11. The standard InChI is InChI=1S/C19H40N2/c1-15(2)8-11-21(12-9-16(3)4)14-17-13-19(5,6)10-7-18(17)20/h15-18H,7-14,20H2,1-6H3. The summed E-state index contributed by atoms with van der Waals surface area (Å²) in [7, 11) is 0. The highest BCUT2D eigenvalue weighted by atomic mass is 15.1. The Kier molecular flexibility index (Phi) is 7.70. The molecule has 21 heavy (non-hydrogen) atoms. The summed E-state index contributed by atoms with van der Waals surface area (Å²) in [6.45, 7) is 17.8. The van der Waals surface area contributed by atoms with Gasteiger partial charge < -0.3 is 10.6 Å². The van der Waals surface area contributed by atoms with E-state index in [0.717, 1.165) is 11.8 Å². The Balaban J connectivity index is 2.55. The van der Waals surface area contributed by atoms with E-state index < -0.39 is 0 Å². The summed E-state index contributed by atoms with van der Waals surface area (Å²) in [5.74, 6) is 2.28. The van der Waals surface area contributed by atoms with Gasteiger partial charge in [-0.1, -0.05) is 41.5 Å². The van der Waals surface area contributed by atoms with Crippen LogP contribution in [0, 0.1) is 23.2 Å². The van der Waals surface area contributed by atoms with E-state index in [1.165, 1.54) is 51.7 Å². The fourth-order valence-electron chi connectivity index (χ4n) is 3.46. The lowest BCUT2D eigenvalue weighted by Gasteiger charge is -2.41. The van der Waals surface area contributed by atoms with Crippen molar-refractivity contribution in [3.63, 3.8) is 0 Å². The highest BCUT2D eigenvalue weighted by Gasteiger charge is 2.33. The minimum absolute atomic E-state index is 0.415. The van der Waals surface area contributed by atoms with Crippen LogP contribution in [0.5, 0.6) is 0 Å². The zero-order chi connectivity index (χ0) is 16.0.